The van der Waals surface area contributed by atoms with Gasteiger partial charge in [0.2, 0.25) is 0 Å². The summed E-state index contributed by atoms with van der Waals surface area (Å²) in [5.41, 5.74) is 0. The number of hydrogen-bond donors (Lipinski definition) is 0. The smallest absolute Gasteiger partial charge is 0.168 e. The van der Waals surface area contributed by atoms with Crippen LogP contribution in [0.25, 0.3) is 0 Å². The van der Waals surface area contributed by atoms with Crippen molar-refractivity contribution < 1.29 is 17.3 Å². The van der Waals surface area contributed by atoms with Crippen molar-refractivity contribution in [1.29, 1.82) is 0 Å². The van der Waals surface area contributed by atoms with E-state index in [4.69, 9.17) is 12.5 Å². The Hall–Kier alpha value is 0.280. The molecule has 1 heterocycles. The summed E-state index contributed by atoms with van der Waals surface area (Å²) in [6, 6.07) is 0. The van der Waals surface area contributed by atoms with Gasteiger partial charge in [-0.2, -0.15) is 0 Å². The van der Waals surface area contributed by atoms with Gasteiger partial charge in [0.25, 0.3) is 0 Å². The molecule has 1 aliphatic heterocycles. The fourth-order valence-corrected chi connectivity index (χ4v) is 4.08. The summed E-state index contributed by atoms with van der Waals surface area (Å²) in [5.74, 6) is 0.598. The molecule has 2 aliphatic rings. The Morgan fingerprint density at radius 3 is 2.24 bits per heavy atom. The van der Waals surface area contributed by atoms with Gasteiger partial charge in [-0.3, -0.25) is 0 Å². The molecule has 0 spiro atoms. The molecule has 0 N–H and O–H groups in total. The molecule has 25 heavy (non-hydrogen) atoms. The number of rotatable bonds is 8. The molecular weight excluding hydrogens is 431 g/mol. The Labute approximate surface area is 169 Å². The normalized spacial score (nSPS) is 24.1. The first kappa shape index (κ1) is 25.3. The Bertz CT molecular complexity index is 326. The van der Waals surface area contributed by atoms with Gasteiger partial charge in [-0.1, -0.05) is 40.0 Å². The van der Waals surface area contributed by atoms with E-state index < -0.39 is 0 Å². The quantitative estimate of drug-likeness (QED) is 0.311. The fraction of sp³-hybridized carbons (Fsp3) is 0.950. The lowest BCUT2D eigenvalue weighted by Crippen LogP contribution is -2.31. The van der Waals surface area contributed by atoms with Gasteiger partial charge in [0.05, 0.1) is 19.3 Å². The monoisotopic (exact) mass is 470 g/mol. The minimum atomic E-state index is -0.270. The van der Waals surface area contributed by atoms with E-state index in [-0.39, 0.29) is 11.6 Å². The van der Waals surface area contributed by atoms with Gasteiger partial charge < -0.3 is 17.3 Å². The number of ether oxygens (including phenoxy) is 2. The van der Waals surface area contributed by atoms with E-state index in [9.17, 15) is 4.79 Å². The van der Waals surface area contributed by atoms with Crippen LogP contribution in [-0.2, 0) is 17.3 Å². The Balaban J connectivity index is 0.000000845. The molecule has 2 unspecified atom stereocenters. The van der Waals surface area contributed by atoms with Crippen LogP contribution in [0.15, 0.2) is 0 Å². The van der Waals surface area contributed by atoms with Crippen molar-refractivity contribution in [1.82, 2.24) is 0 Å². The molecule has 150 valence electrons. The SMILES string of the molecule is CC.CC(C)=O.CCCCCC1(CCC2CCCC2OI)OCCO1. The van der Waals surface area contributed by atoms with E-state index >= 15 is 0 Å². The zero-order valence-electron chi connectivity index (χ0n) is 16.9. The van der Waals surface area contributed by atoms with Crippen LogP contribution < -0.4 is 0 Å². The Morgan fingerprint density at radius 1 is 1.12 bits per heavy atom. The van der Waals surface area contributed by atoms with Crippen molar-refractivity contribution in [3.63, 3.8) is 0 Å². The van der Waals surface area contributed by atoms with Crippen molar-refractivity contribution in [2.45, 2.75) is 104 Å². The Morgan fingerprint density at radius 2 is 1.72 bits per heavy atom. The maximum absolute atomic E-state index is 9.44. The summed E-state index contributed by atoms with van der Waals surface area (Å²) in [6.07, 6.45) is 11.3. The van der Waals surface area contributed by atoms with E-state index in [1.165, 1.54) is 58.8 Å². The van der Waals surface area contributed by atoms with Crippen molar-refractivity contribution in [3.8, 4) is 0 Å². The van der Waals surface area contributed by atoms with Crippen LogP contribution in [0.1, 0.15) is 92.4 Å². The minimum absolute atomic E-state index is 0.167. The molecular formula is C20H39IO4. The number of ketones is 1. The third-order valence-electron chi connectivity index (χ3n) is 4.57. The largest absolute Gasteiger partial charge is 0.348 e. The maximum Gasteiger partial charge on any atom is 0.168 e. The van der Waals surface area contributed by atoms with E-state index in [0.717, 1.165) is 26.1 Å². The van der Waals surface area contributed by atoms with Gasteiger partial charge in [-0.15, -0.1) is 0 Å². The highest BCUT2D eigenvalue weighted by Gasteiger charge is 2.38. The highest BCUT2D eigenvalue weighted by atomic mass is 127. The number of carbonyl (C=O) groups is 1. The molecule has 1 aliphatic carbocycles. The average Bonchev–Trinajstić information content (AvgIpc) is 3.24. The molecule has 2 fully saturated rings. The topological polar surface area (TPSA) is 44.8 Å². The van der Waals surface area contributed by atoms with Crippen molar-refractivity contribution in [2.75, 3.05) is 13.2 Å². The second kappa shape index (κ2) is 15.3. The van der Waals surface area contributed by atoms with Crippen molar-refractivity contribution in [3.05, 3.63) is 0 Å². The first-order valence-electron chi connectivity index (χ1n) is 10.1. The van der Waals surface area contributed by atoms with Crippen molar-refractivity contribution in [2.24, 2.45) is 5.92 Å². The van der Waals surface area contributed by atoms with E-state index in [1.807, 2.05) is 13.8 Å². The number of halogens is 1. The second-order valence-electron chi connectivity index (χ2n) is 6.83. The van der Waals surface area contributed by atoms with Crippen molar-refractivity contribution >= 4 is 28.8 Å². The predicted octanol–water partition coefficient (Wildman–Crippen LogP) is 6.25. The van der Waals surface area contributed by atoms with Gasteiger partial charge >= 0.3 is 0 Å². The first-order chi connectivity index (χ1) is 12.0. The van der Waals surface area contributed by atoms with E-state index in [0.29, 0.717) is 12.0 Å². The lowest BCUT2D eigenvalue weighted by molar-refractivity contribution is -0.170. The summed E-state index contributed by atoms with van der Waals surface area (Å²) < 4.78 is 17.5. The number of Topliss-reactive ketones (excluding diaryl/α,β-unsaturated/α-hetero) is 1. The third-order valence-corrected chi connectivity index (χ3v) is 5.23. The van der Waals surface area contributed by atoms with Crippen LogP contribution in [0.4, 0.5) is 0 Å². The average molecular weight is 470 g/mol. The minimum Gasteiger partial charge on any atom is -0.348 e. The van der Waals surface area contributed by atoms with Crippen LogP contribution >= 0.6 is 23.0 Å². The molecule has 2 atom stereocenters. The van der Waals surface area contributed by atoms with Crippen LogP contribution in [0, 0.1) is 5.92 Å². The second-order valence-corrected chi connectivity index (χ2v) is 7.34. The molecule has 1 saturated carbocycles. The highest BCUT2D eigenvalue weighted by molar-refractivity contribution is 14.1. The van der Waals surface area contributed by atoms with Gasteiger partial charge in [-0.25, -0.2) is 0 Å². The lowest BCUT2D eigenvalue weighted by Gasteiger charge is -2.29. The molecule has 2 rings (SSSR count). The zero-order chi connectivity index (χ0) is 19.1. The Kier molecular flexibility index (Phi) is 15.5. The molecule has 0 amide bonds. The fourth-order valence-electron chi connectivity index (χ4n) is 3.41. The van der Waals surface area contributed by atoms with Gasteiger partial charge in [0, 0.05) is 12.8 Å². The standard InChI is InChI=1S/C15H27IO3.C3H6O.C2H6/c1-2-3-4-9-15(17-11-12-18-15)10-8-13-6-5-7-14(13)19-16;1-3(2)4;1-2/h13-14H,2-12H2,1H3;1-2H3;1-2H3. The molecule has 4 nitrogen and oxygen atoms in total. The van der Waals surface area contributed by atoms with Crippen LogP contribution in [0.3, 0.4) is 0 Å². The maximum atomic E-state index is 9.44. The van der Waals surface area contributed by atoms with Crippen LogP contribution in [0.2, 0.25) is 0 Å². The lowest BCUT2D eigenvalue weighted by atomic mass is 9.93. The molecule has 0 bridgehead atoms. The predicted molar refractivity (Wildman–Crippen MR) is 112 cm³/mol. The number of unbranched alkanes of at least 4 members (excludes halogenated alkanes) is 2. The molecule has 0 aromatic rings. The number of carbonyl (C=O) groups excluding carboxylic acids is 1. The zero-order valence-corrected chi connectivity index (χ0v) is 19.1. The third kappa shape index (κ3) is 10.9. The first-order valence-corrected chi connectivity index (χ1v) is 10.9. The number of hydrogen-bond acceptors (Lipinski definition) is 4. The summed E-state index contributed by atoms with van der Waals surface area (Å²) in [7, 11) is 0. The summed E-state index contributed by atoms with van der Waals surface area (Å²) in [5, 5.41) is 0. The van der Waals surface area contributed by atoms with Gasteiger partial charge in [-0.05, 0) is 45.4 Å². The van der Waals surface area contributed by atoms with Crippen LogP contribution in [-0.4, -0.2) is 30.9 Å². The van der Waals surface area contributed by atoms with Crippen LogP contribution in [0.5, 0.6) is 0 Å². The molecule has 1 saturated heterocycles. The van der Waals surface area contributed by atoms with E-state index in [2.05, 4.69) is 29.9 Å². The van der Waals surface area contributed by atoms with Gasteiger partial charge in [0.15, 0.2) is 5.79 Å². The highest BCUT2D eigenvalue weighted by Crippen LogP contribution is 2.38. The molecule has 0 aromatic carbocycles. The molecule has 5 heteroatoms. The summed E-state index contributed by atoms with van der Waals surface area (Å²) >= 11 is 2.06. The van der Waals surface area contributed by atoms with Gasteiger partial charge in [0.1, 0.15) is 28.8 Å². The summed E-state index contributed by atoms with van der Waals surface area (Å²) in [6.45, 7) is 10.8. The summed E-state index contributed by atoms with van der Waals surface area (Å²) in [4.78, 5) is 9.44. The molecule has 0 radical (unpaired) electrons. The van der Waals surface area contributed by atoms with E-state index in [1.54, 1.807) is 0 Å². The molecule has 0 aromatic heterocycles.